The van der Waals surface area contributed by atoms with Gasteiger partial charge in [0.2, 0.25) is 0 Å². The number of halogens is 1. The minimum atomic E-state index is -0.719. The number of hydrogen-bond donors (Lipinski definition) is 2. The van der Waals surface area contributed by atoms with Crippen molar-refractivity contribution in [3.63, 3.8) is 0 Å². The first-order valence-electron chi connectivity index (χ1n) is 3.61. The molecule has 0 aliphatic carbocycles. The van der Waals surface area contributed by atoms with E-state index in [4.69, 9.17) is 16.1 Å². The molecule has 68 valence electrons. The third-order valence-electron chi connectivity index (χ3n) is 1.59. The zero-order valence-corrected chi connectivity index (χ0v) is 6.74. The largest absolute Gasteiger partial charge is 0.394 e. The molecule has 3 N–H and O–H groups in total. The summed E-state index contributed by atoms with van der Waals surface area (Å²) in [6.07, 6.45) is 1.28. The zero-order valence-electron chi connectivity index (χ0n) is 6.74. The lowest BCUT2D eigenvalue weighted by Crippen LogP contribution is -2.15. The lowest BCUT2D eigenvalue weighted by Gasteiger charge is -2.07. The molecule has 1 atom stereocenters. The van der Waals surface area contributed by atoms with Crippen molar-refractivity contribution in [2.45, 2.75) is 6.04 Å². The van der Waals surface area contributed by atoms with E-state index in [1.165, 1.54) is 6.20 Å². The normalized spacial score (nSPS) is 12.2. The van der Waals surface area contributed by atoms with E-state index in [-0.39, 0.29) is 12.3 Å². The Labute approximate surface area is 74.4 Å². The van der Waals surface area contributed by atoms with Gasteiger partial charge in [0.05, 0.1) is 12.6 Å². The van der Waals surface area contributed by atoms with Crippen molar-refractivity contribution >= 4 is 0 Å². The molecular formula is C8H8FN3O. The number of aliphatic hydroxyl groups excluding tert-OH is 1. The minimum Gasteiger partial charge on any atom is -0.394 e. The van der Waals surface area contributed by atoms with Crippen molar-refractivity contribution in [1.82, 2.24) is 4.98 Å². The van der Waals surface area contributed by atoms with Crippen LogP contribution in [0.25, 0.3) is 0 Å². The Morgan fingerprint density at radius 1 is 1.77 bits per heavy atom. The average molecular weight is 181 g/mol. The zero-order chi connectivity index (χ0) is 9.84. The molecule has 0 bridgehead atoms. The molecule has 5 heteroatoms. The van der Waals surface area contributed by atoms with E-state index in [2.05, 4.69) is 4.98 Å². The first-order valence-corrected chi connectivity index (χ1v) is 3.61. The highest BCUT2D eigenvalue weighted by Gasteiger charge is 2.09. The Kier molecular flexibility index (Phi) is 2.90. The third kappa shape index (κ3) is 1.99. The summed E-state index contributed by atoms with van der Waals surface area (Å²) in [5, 5.41) is 17.0. The predicted molar refractivity (Wildman–Crippen MR) is 42.9 cm³/mol. The fourth-order valence-electron chi connectivity index (χ4n) is 0.843. The van der Waals surface area contributed by atoms with Gasteiger partial charge in [-0.2, -0.15) is 5.26 Å². The Bertz CT molecular complexity index is 348. The topological polar surface area (TPSA) is 82.9 Å². The number of rotatable bonds is 2. The van der Waals surface area contributed by atoms with Crippen molar-refractivity contribution in [3.8, 4) is 6.07 Å². The van der Waals surface area contributed by atoms with Crippen LogP contribution in [0.4, 0.5) is 4.39 Å². The maximum absolute atomic E-state index is 12.9. The van der Waals surface area contributed by atoms with Crippen molar-refractivity contribution < 1.29 is 9.50 Å². The summed E-state index contributed by atoms with van der Waals surface area (Å²) in [5.74, 6) is -0.719. The molecule has 0 saturated heterocycles. The molecule has 0 unspecified atom stereocenters. The third-order valence-corrected chi connectivity index (χ3v) is 1.59. The summed E-state index contributed by atoms with van der Waals surface area (Å²) >= 11 is 0. The van der Waals surface area contributed by atoms with Crippen LogP contribution in [0.15, 0.2) is 12.3 Å². The first-order chi connectivity index (χ1) is 6.19. The molecule has 0 saturated carbocycles. The Morgan fingerprint density at radius 2 is 2.46 bits per heavy atom. The Balaban J connectivity index is 3.04. The smallest absolute Gasteiger partial charge is 0.176 e. The molecule has 1 aromatic rings. The standard InChI is InChI=1S/C8H8FN3O/c9-6-1-5(7(11)4-13)3-12-8(6)2-10/h1,3,7,13H,4,11H2/t7-/m1/s1. The number of nitrogens with two attached hydrogens (primary N) is 1. The number of nitrogens with zero attached hydrogens (tertiary/aromatic N) is 2. The van der Waals surface area contributed by atoms with Crippen LogP contribution in [0.3, 0.4) is 0 Å². The number of aliphatic hydroxyl groups is 1. The monoisotopic (exact) mass is 181 g/mol. The van der Waals surface area contributed by atoms with Gasteiger partial charge in [0.15, 0.2) is 11.5 Å². The van der Waals surface area contributed by atoms with Gasteiger partial charge in [-0.1, -0.05) is 0 Å². The SMILES string of the molecule is N#Cc1ncc([C@H](N)CO)cc1F. The van der Waals surface area contributed by atoms with Gasteiger partial charge in [0.1, 0.15) is 6.07 Å². The van der Waals surface area contributed by atoms with Crippen LogP contribution in [0.1, 0.15) is 17.3 Å². The highest BCUT2D eigenvalue weighted by atomic mass is 19.1. The summed E-state index contributed by atoms with van der Waals surface area (Å²) in [6, 6.07) is 2.04. The van der Waals surface area contributed by atoms with Gasteiger partial charge >= 0.3 is 0 Å². The van der Waals surface area contributed by atoms with Gasteiger partial charge in [-0.25, -0.2) is 9.37 Å². The van der Waals surface area contributed by atoms with Crippen molar-refractivity contribution in [2.75, 3.05) is 6.61 Å². The van der Waals surface area contributed by atoms with Gasteiger partial charge < -0.3 is 10.8 Å². The van der Waals surface area contributed by atoms with Gasteiger partial charge in [-0.05, 0) is 11.6 Å². The second-order valence-corrected chi connectivity index (χ2v) is 2.50. The van der Waals surface area contributed by atoms with Gasteiger partial charge in [-0.15, -0.1) is 0 Å². The van der Waals surface area contributed by atoms with Gasteiger partial charge in [0, 0.05) is 6.20 Å². The lowest BCUT2D eigenvalue weighted by molar-refractivity contribution is 0.267. The van der Waals surface area contributed by atoms with E-state index in [9.17, 15) is 4.39 Å². The van der Waals surface area contributed by atoms with E-state index in [0.717, 1.165) is 6.07 Å². The van der Waals surface area contributed by atoms with Crippen LogP contribution in [-0.2, 0) is 0 Å². The second-order valence-electron chi connectivity index (χ2n) is 2.50. The second kappa shape index (κ2) is 3.94. The summed E-state index contributed by atoms with van der Waals surface area (Å²) in [7, 11) is 0. The fourth-order valence-corrected chi connectivity index (χ4v) is 0.843. The molecule has 0 aliphatic rings. The summed E-state index contributed by atoms with van der Waals surface area (Å²) in [6.45, 7) is -0.285. The quantitative estimate of drug-likeness (QED) is 0.677. The molecule has 1 aromatic heterocycles. The highest BCUT2D eigenvalue weighted by Crippen LogP contribution is 2.11. The minimum absolute atomic E-state index is 0.270. The predicted octanol–water partition coefficient (Wildman–Crippen LogP) is 0.0845. The summed E-state index contributed by atoms with van der Waals surface area (Å²) < 4.78 is 12.9. The van der Waals surface area contributed by atoms with Gasteiger partial charge in [0.25, 0.3) is 0 Å². The van der Waals surface area contributed by atoms with Crippen LogP contribution in [-0.4, -0.2) is 16.7 Å². The Morgan fingerprint density at radius 3 is 2.92 bits per heavy atom. The van der Waals surface area contributed by atoms with Crippen molar-refractivity contribution in [2.24, 2.45) is 5.73 Å². The van der Waals surface area contributed by atoms with Gasteiger partial charge in [-0.3, -0.25) is 0 Å². The van der Waals surface area contributed by atoms with E-state index in [1.54, 1.807) is 6.07 Å². The first kappa shape index (κ1) is 9.58. The van der Waals surface area contributed by atoms with Crippen LogP contribution < -0.4 is 5.73 Å². The molecule has 0 spiro atoms. The fraction of sp³-hybridized carbons (Fsp3) is 0.250. The Hall–Kier alpha value is -1.51. The maximum Gasteiger partial charge on any atom is 0.176 e. The van der Waals surface area contributed by atoms with E-state index < -0.39 is 11.9 Å². The van der Waals surface area contributed by atoms with Crippen LogP contribution >= 0.6 is 0 Å². The van der Waals surface area contributed by atoms with E-state index in [1.807, 2.05) is 0 Å². The van der Waals surface area contributed by atoms with E-state index in [0.29, 0.717) is 5.56 Å². The molecule has 0 fully saturated rings. The number of nitriles is 1. The lowest BCUT2D eigenvalue weighted by atomic mass is 10.1. The number of hydrogen-bond acceptors (Lipinski definition) is 4. The summed E-state index contributed by atoms with van der Waals surface area (Å²) in [4.78, 5) is 3.54. The van der Waals surface area contributed by atoms with Crippen LogP contribution in [0.2, 0.25) is 0 Å². The molecular weight excluding hydrogens is 173 g/mol. The van der Waals surface area contributed by atoms with E-state index >= 15 is 0 Å². The van der Waals surface area contributed by atoms with Crippen molar-refractivity contribution in [3.05, 3.63) is 29.3 Å². The molecule has 0 amide bonds. The maximum atomic E-state index is 12.9. The molecule has 13 heavy (non-hydrogen) atoms. The highest BCUT2D eigenvalue weighted by molar-refractivity contribution is 5.26. The van der Waals surface area contributed by atoms with Crippen molar-refractivity contribution in [1.29, 1.82) is 5.26 Å². The molecule has 4 nitrogen and oxygen atoms in total. The molecule has 0 aliphatic heterocycles. The van der Waals surface area contributed by atoms with Crippen LogP contribution in [0.5, 0.6) is 0 Å². The summed E-state index contributed by atoms with van der Waals surface area (Å²) in [5.41, 5.74) is 5.52. The number of aromatic nitrogens is 1. The molecule has 1 heterocycles. The molecule has 0 radical (unpaired) electrons. The van der Waals surface area contributed by atoms with Crippen LogP contribution in [0, 0.1) is 17.1 Å². The number of pyridine rings is 1. The molecule has 1 rings (SSSR count). The average Bonchev–Trinajstić information content (AvgIpc) is 2.16. The molecule has 0 aromatic carbocycles.